The van der Waals surface area contributed by atoms with Crippen LogP contribution in [0.5, 0.6) is 11.6 Å². The number of rotatable bonds is 2. The molecule has 0 saturated carbocycles. The van der Waals surface area contributed by atoms with Gasteiger partial charge in [0.1, 0.15) is 17.6 Å². The number of nitrogens with two attached hydrogens (primary N) is 1. The number of benzene rings is 2. The van der Waals surface area contributed by atoms with Crippen molar-refractivity contribution in [2.24, 2.45) is 0 Å². The average Bonchev–Trinajstić information content (AvgIpc) is 2.40. The molecule has 0 saturated heterocycles. The monoisotopic (exact) mass is 251 g/mol. The van der Waals surface area contributed by atoms with Gasteiger partial charge < -0.3 is 10.5 Å². The lowest BCUT2D eigenvalue weighted by molar-refractivity contribution is 0.468. The van der Waals surface area contributed by atoms with Crippen molar-refractivity contribution in [3.63, 3.8) is 0 Å². The van der Waals surface area contributed by atoms with Crippen LogP contribution in [0.3, 0.4) is 0 Å². The van der Waals surface area contributed by atoms with Gasteiger partial charge in [0.25, 0.3) is 0 Å². The molecule has 3 rings (SSSR count). The second-order valence-electron chi connectivity index (χ2n) is 4.34. The van der Waals surface area contributed by atoms with E-state index in [1.165, 1.54) is 6.33 Å². The van der Waals surface area contributed by atoms with Gasteiger partial charge in [-0.25, -0.2) is 9.97 Å². The predicted octanol–water partition coefficient (Wildman–Crippen LogP) is 3.31. The molecular weight excluding hydrogens is 238 g/mol. The Morgan fingerprint density at radius 1 is 1.05 bits per heavy atom. The van der Waals surface area contributed by atoms with Gasteiger partial charge in [-0.2, -0.15) is 0 Å². The lowest BCUT2D eigenvalue weighted by Gasteiger charge is -2.08. The van der Waals surface area contributed by atoms with E-state index in [0.717, 1.165) is 16.7 Å². The summed E-state index contributed by atoms with van der Waals surface area (Å²) in [6, 6.07) is 13.4. The first-order valence-corrected chi connectivity index (χ1v) is 5.98. The van der Waals surface area contributed by atoms with E-state index in [9.17, 15) is 0 Å². The van der Waals surface area contributed by atoms with Gasteiger partial charge in [-0.05, 0) is 36.8 Å². The van der Waals surface area contributed by atoms with Crippen LogP contribution in [0.1, 0.15) is 5.56 Å². The highest BCUT2D eigenvalue weighted by atomic mass is 16.5. The minimum absolute atomic E-state index is 0.517. The number of nitrogens with zero attached hydrogens (tertiary/aromatic N) is 2. The molecule has 0 atom stereocenters. The maximum absolute atomic E-state index is 5.90. The maximum atomic E-state index is 5.90. The van der Waals surface area contributed by atoms with Gasteiger partial charge in [0.05, 0.1) is 11.1 Å². The van der Waals surface area contributed by atoms with Crippen LogP contribution in [0.25, 0.3) is 10.9 Å². The average molecular weight is 251 g/mol. The Labute approximate surface area is 110 Å². The second kappa shape index (κ2) is 4.57. The molecule has 0 aliphatic heterocycles. The fraction of sp³-hybridized carbons (Fsp3) is 0.0667. The summed E-state index contributed by atoms with van der Waals surface area (Å²) in [5.74, 6) is 1.27. The van der Waals surface area contributed by atoms with Gasteiger partial charge >= 0.3 is 0 Å². The van der Waals surface area contributed by atoms with Crippen molar-refractivity contribution in [2.45, 2.75) is 6.92 Å². The lowest BCUT2D eigenvalue weighted by atomic mass is 10.2. The van der Waals surface area contributed by atoms with Crippen molar-refractivity contribution >= 4 is 16.6 Å². The van der Waals surface area contributed by atoms with Crippen molar-refractivity contribution in [3.05, 3.63) is 54.4 Å². The zero-order valence-electron chi connectivity index (χ0n) is 10.5. The molecule has 2 N–H and O–H groups in total. The number of para-hydroxylation sites is 1. The fourth-order valence-corrected chi connectivity index (χ4v) is 1.96. The molecule has 4 nitrogen and oxygen atoms in total. The molecule has 0 spiro atoms. The fourth-order valence-electron chi connectivity index (χ4n) is 1.96. The summed E-state index contributed by atoms with van der Waals surface area (Å²) < 4.78 is 5.82. The van der Waals surface area contributed by atoms with Crippen LogP contribution in [-0.4, -0.2) is 9.97 Å². The standard InChI is InChI=1S/C15H13N3O/c1-10-4-2-5-11(8-10)19-15-12-6-3-7-13(16)14(12)17-9-18-15/h2-9H,16H2,1H3. The number of anilines is 1. The molecule has 0 amide bonds. The summed E-state index contributed by atoms with van der Waals surface area (Å²) in [7, 11) is 0. The number of aromatic nitrogens is 2. The minimum Gasteiger partial charge on any atom is -0.438 e. The smallest absolute Gasteiger partial charge is 0.230 e. The molecule has 94 valence electrons. The normalized spacial score (nSPS) is 10.6. The van der Waals surface area contributed by atoms with E-state index in [-0.39, 0.29) is 0 Å². The second-order valence-corrected chi connectivity index (χ2v) is 4.34. The number of hydrogen-bond acceptors (Lipinski definition) is 4. The van der Waals surface area contributed by atoms with E-state index in [4.69, 9.17) is 10.5 Å². The Morgan fingerprint density at radius 2 is 1.89 bits per heavy atom. The number of aryl methyl sites for hydroxylation is 1. The van der Waals surface area contributed by atoms with Gasteiger partial charge in [0.2, 0.25) is 5.88 Å². The van der Waals surface area contributed by atoms with Crippen LogP contribution >= 0.6 is 0 Å². The summed E-state index contributed by atoms with van der Waals surface area (Å²) >= 11 is 0. The van der Waals surface area contributed by atoms with E-state index in [1.54, 1.807) is 0 Å². The van der Waals surface area contributed by atoms with E-state index in [0.29, 0.717) is 17.1 Å². The molecule has 19 heavy (non-hydrogen) atoms. The summed E-state index contributed by atoms with van der Waals surface area (Å²) in [6.45, 7) is 2.02. The van der Waals surface area contributed by atoms with Gasteiger partial charge in [-0.3, -0.25) is 0 Å². The van der Waals surface area contributed by atoms with Crippen molar-refractivity contribution < 1.29 is 4.74 Å². The third-order valence-corrected chi connectivity index (χ3v) is 2.86. The van der Waals surface area contributed by atoms with Crippen molar-refractivity contribution in [1.82, 2.24) is 9.97 Å². The van der Waals surface area contributed by atoms with Crippen molar-refractivity contribution in [1.29, 1.82) is 0 Å². The summed E-state index contributed by atoms with van der Waals surface area (Å²) in [6.07, 6.45) is 1.46. The third-order valence-electron chi connectivity index (χ3n) is 2.86. The Kier molecular flexibility index (Phi) is 2.76. The largest absolute Gasteiger partial charge is 0.438 e. The van der Waals surface area contributed by atoms with Crippen LogP contribution in [0.2, 0.25) is 0 Å². The topological polar surface area (TPSA) is 61.0 Å². The Hall–Kier alpha value is -2.62. The Balaban J connectivity index is 2.08. The van der Waals surface area contributed by atoms with Crippen LogP contribution in [0.15, 0.2) is 48.8 Å². The molecule has 3 aromatic rings. The first-order chi connectivity index (χ1) is 9.24. The van der Waals surface area contributed by atoms with Crippen LogP contribution in [-0.2, 0) is 0 Å². The molecule has 1 aromatic heterocycles. The van der Waals surface area contributed by atoms with Crippen molar-refractivity contribution in [3.8, 4) is 11.6 Å². The van der Waals surface area contributed by atoms with E-state index in [1.807, 2.05) is 49.4 Å². The van der Waals surface area contributed by atoms with Gasteiger partial charge in [-0.1, -0.05) is 18.2 Å². The maximum Gasteiger partial charge on any atom is 0.230 e. The molecule has 0 unspecified atom stereocenters. The van der Waals surface area contributed by atoms with Crippen LogP contribution in [0, 0.1) is 6.92 Å². The van der Waals surface area contributed by atoms with E-state index in [2.05, 4.69) is 9.97 Å². The van der Waals surface area contributed by atoms with Gasteiger partial charge in [-0.15, -0.1) is 0 Å². The molecule has 0 fully saturated rings. The number of nitrogen functional groups attached to an aromatic ring is 1. The molecule has 0 aliphatic carbocycles. The highest BCUT2D eigenvalue weighted by Crippen LogP contribution is 2.29. The number of fused-ring (bicyclic) bond motifs is 1. The minimum atomic E-state index is 0.517. The summed E-state index contributed by atoms with van der Waals surface area (Å²) in [5.41, 5.74) is 8.36. The lowest BCUT2D eigenvalue weighted by Crippen LogP contribution is -1.94. The summed E-state index contributed by atoms with van der Waals surface area (Å²) in [4.78, 5) is 8.37. The third kappa shape index (κ3) is 2.20. The number of ether oxygens (including phenoxy) is 1. The highest BCUT2D eigenvalue weighted by Gasteiger charge is 2.07. The summed E-state index contributed by atoms with van der Waals surface area (Å²) in [5, 5.41) is 0.809. The SMILES string of the molecule is Cc1cccc(Oc2ncnc3c(N)cccc23)c1. The van der Waals surface area contributed by atoms with Gasteiger partial charge in [0.15, 0.2) is 0 Å². The van der Waals surface area contributed by atoms with E-state index < -0.39 is 0 Å². The molecule has 4 heteroatoms. The van der Waals surface area contributed by atoms with Crippen LogP contribution in [0.4, 0.5) is 5.69 Å². The Morgan fingerprint density at radius 3 is 2.74 bits per heavy atom. The zero-order chi connectivity index (χ0) is 13.2. The molecule has 0 bridgehead atoms. The Bertz CT molecular complexity index is 740. The zero-order valence-corrected chi connectivity index (χ0v) is 10.5. The molecule has 1 heterocycles. The van der Waals surface area contributed by atoms with Crippen molar-refractivity contribution in [2.75, 3.05) is 5.73 Å². The molecule has 2 aromatic carbocycles. The molecule has 0 aliphatic rings. The first kappa shape index (κ1) is 11.5. The number of hydrogen-bond donors (Lipinski definition) is 1. The molecule has 0 radical (unpaired) electrons. The first-order valence-electron chi connectivity index (χ1n) is 5.98. The molecular formula is C15H13N3O. The predicted molar refractivity (Wildman–Crippen MR) is 75.2 cm³/mol. The van der Waals surface area contributed by atoms with Gasteiger partial charge in [0, 0.05) is 0 Å². The van der Waals surface area contributed by atoms with E-state index >= 15 is 0 Å². The highest BCUT2D eigenvalue weighted by molar-refractivity contribution is 5.92. The van der Waals surface area contributed by atoms with Crippen LogP contribution < -0.4 is 10.5 Å². The quantitative estimate of drug-likeness (QED) is 0.710.